The van der Waals surface area contributed by atoms with Gasteiger partial charge in [0.15, 0.2) is 0 Å². The summed E-state index contributed by atoms with van der Waals surface area (Å²) in [7, 11) is 1.56. The maximum absolute atomic E-state index is 12.7. The fourth-order valence-electron chi connectivity index (χ4n) is 3.29. The molecule has 3 N–H and O–H groups in total. The Morgan fingerprint density at radius 1 is 1.13 bits per heavy atom. The van der Waals surface area contributed by atoms with Gasteiger partial charge in [-0.2, -0.15) is 0 Å². The number of carbonyl (C=O) groups is 2. The number of hydrogen-bond donors (Lipinski definition) is 2. The lowest BCUT2D eigenvalue weighted by atomic mass is 10.2. The molecule has 1 saturated heterocycles. The predicted molar refractivity (Wildman–Crippen MR) is 118 cm³/mol. The summed E-state index contributed by atoms with van der Waals surface area (Å²) >= 11 is 0. The van der Waals surface area contributed by atoms with Crippen molar-refractivity contribution in [3.63, 3.8) is 0 Å². The van der Waals surface area contributed by atoms with Crippen LogP contribution in [0.1, 0.15) is 13.8 Å². The van der Waals surface area contributed by atoms with E-state index in [0.29, 0.717) is 56.8 Å². The van der Waals surface area contributed by atoms with E-state index in [1.54, 1.807) is 18.1 Å². The molecule has 1 heterocycles. The third-order valence-electron chi connectivity index (χ3n) is 4.64. The summed E-state index contributed by atoms with van der Waals surface area (Å²) in [4.78, 5) is 27.8. The van der Waals surface area contributed by atoms with Crippen molar-refractivity contribution in [1.82, 2.24) is 4.90 Å². The van der Waals surface area contributed by atoms with Crippen molar-refractivity contribution in [2.24, 2.45) is 5.73 Å². The molecule has 0 atom stereocenters. The molecule has 1 aliphatic rings. The summed E-state index contributed by atoms with van der Waals surface area (Å²) in [6.45, 7) is 8.27. The first kappa shape index (κ1) is 24.7. The summed E-state index contributed by atoms with van der Waals surface area (Å²) in [6.07, 6.45) is 0. The van der Waals surface area contributed by atoms with Crippen LogP contribution in [0.3, 0.4) is 0 Å². The molecule has 2 amide bonds. The van der Waals surface area contributed by atoms with Gasteiger partial charge >= 0.3 is 0 Å². The van der Waals surface area contributed by atoms with E-state index in [9.17, 15) is 9.59 Å². The van der Waals surface area contributed by atoms with Crippen molar-refractivity contribution in [2.45, 2.75) is 13.8 Å². The van der Waals surface area contributed by atoms with Crippen molar-refractivity contribution in [1.29, 1.82) is 0 Å². The number of ether oxygens (including phenoxy) is 4. The minimum Gasteiger partial charge on any atom is -0.492 e. The average Bonchev–Trinajstić information content (AvgIpc) is 2.74. The van der Waals surface area contributed by atoms with Crippen LogP contribution in [-0.2, 0) is 19.1 Å². The van der Waals surface area contributed by atoms with Gasteiger partial charge in [0.25, 0.3) is 0 Å². The summed E-state index contributed by atoms with van der Waals surface area (Å²) in [5.41, 5.74) is 6.71. The van der Waals surface area contributed by atoms with Gasteiger partial charge in [-0.3, -0.25) is 14.5 Å². The van der Waals surface area contributed by atoms with E-state index in [4.69, 9.17) is 24.7 Å². The van der Waals surface area contributed by atoms with E-state index < -0.39 is 5.91 Å². The minimum absolute atomic E-state index is 0.00690. The number of morpholine rings is 1. The van der Waals surface area contributed by atoms with Crippen LogP contribution in [0, 0.1) is 0 Å². The zero-order valence-electron chi connectivity index (χ0n) is 18.6. The van der Waals surface area contributed by atoms with Crippen LogP contribution in [0.4, 0.5) is 11.4 Å². The van der Waals surface area contributed by atoms with Gasteiger partial charge in [-0.25, -0.2) is 0 Å². The number of nitrogens with one attached hydrogen (secondary N) is 1. The zero-order valence-corrected chi connectivity index (χ0v) is 18.6. The van der Waals surface area contributed by atoms with Crippen LogP contribution in [0.15, 0.2) is 12.1 Å². The van der Waals surface area contributed by atoms with Crippen LogP contribution in [0.25, 0.3) is 0 Å². The molecule has 174 valence electrons. The third-order valence-corrected chi connectivity index (χ3v) is 4.64. The number of benzene rings is 1. The number of rotatable bonds is 13. The second kappa shape index (κ2) is 13.0. The van der Waals surface area contributed by atoms with Gasteiger partial charge in [0.05, 0.1) is 57.5 Å². The highest BCUT2D eigenvalue weighted by molar-refractivity contribution is 5.95. The normalized spacial score (nSPS) is 13.9. The Morgan fingerprint density at radius 3 is 2.42 bits per heavy atom. The molecule has 2 rings (SSSR count). The summed E-state index contributed by atoms with van der Waals surface area (Å²) in [5, 5.41) is 2.88. The molecule has 1 aromatic carbocycles. The Morgan fingerprint density at radius 2 is 1.81 bits per heavy atom. The lowest BCUT2D eigenvalue weighted by Crippen LogP contribution is -2.41. The molecule has 0 spiro atoms. The SMILES string of the molecule is CCOc1cc(N2CCOCC2)c(OCC)cc1NC(=O)CN(CCOC)CC(N)=O. The lowest BCUT2D eigenvalue weighted by Gasteiger charge is -2.31. The number of primary amides is 1. The highest BCUT2D eigenvalue weighted by atomic mass is 16.5. The molecule has 1 fully saturated rings. The first-order chi connectivity index (χ1) is 15.0. The molecule has 10 heteroatoms. The van der Waals surface area contributed by atoms with Gasteiger partial charge in [-0.1, -0.05) is 0 Å². The molecular formula is C21H34N4O6. The summed E-state index contributed by atoms with van der Waals surface area (Å²) < 4.78 is 22.1. The fraction of sp³-hybridized carbons (Fsp3) is 0.619. The molecule has 0 aromatic heterocycles. The molecule has 31 heavy (non-hydrogen) atoms. The van der Waals surface area contributed by atoms with Crippen LogP contribution < -0.4 is 25.4 Å². The van der Waals surface area contributed by atoms with Gasteiger partial charge in [0.1, 0.15) is 11.5 Å². The number of hydrogen-bond acceptors (Lipinski definition) is 8. The number of amides is 2. The third kappa shape index (κ3) is 7.89. The van der Waals surface area contributed by atoms with E-state index >= 15 is 0 Å². The predicted octanol–water partition coefficient (Wildman–Crippen LogP) is 0.693. The monoisotopic (exact) mass is 438 g/mol. The minimum atomic E-state index is -0.507. The number of carbonyl (C=O) groups excluding carboxylic acids is 2. The number of nitrogens with two attached hydrogens (primary N) is 1. The van der Waals surface area contributed by atoms with E-state index in [-0.39, 0.29) is 19.0 Å². The first-order valence-corrected chi connectivity index (χ1v) is 10.5. The molecule has 1 aliphatic heterocycles. The van der Waals surface area contributed by atoms with E-state index in [0.717, 1.165) is 18.8 Å². The van der Waals surface area contributed by atoms with E-state index in [2.05, 4.69) is 10.2 Å². The maximum Gasteiger partial charge on any atom is 0.238 e. The average molecular weight is 439 g/mol. The lowest BCUT2D eigenvalue weighted by molar-refractivity contribution is -0.121. The van der Waals surface area contributed by atoms with Crippen molar-refractivity contribution in [2.75, 3.05) is 83.1 Å². The smallest absolute Gasteiger partial charge is 0.238 e. The van der Waals surface area contributed by atoms with Crippen LogP contribution in [0.5, 0.6) is 11.5 Å². The highest BCUT2D eigenvalue weighted by Crippen LogP contribution is 2.39. The van der Waals surface area contributed by atoms with Crippen molar-refractivity contribution >= 4 is 23.2 Å². The molecular weight excluding hydrogens is 404 g/mol. The largest absolute Gasteiger partial charge is 0.492 e. The van der Waals surface area contributed by atoms with E-state index in [1.165, 1.54) is 0 Å². The Hall–Kier alpha value is -2.56. The standard InChI is InChI=1S/C21H34N4O6/c1-4-30-18-13-17(25-7-10-29-11-8-25)19(31-5-2)12-16(18)23-21(27)15-24(6-9-28-3)14-20(22)26/h12-13H,4-11,14-15H2,1-3H3,(H2,22,26)(H,23,27). The molecule has 10 nitrogen and oxygen atoms in total. The van der Waals surface area contributed by atoms with Gasteiger partial charge < -0.3 is 34.9 Å². The van der Waals surface area contributed by atoms with Gasteiger partial charge in [0, 0.05) is 38.9 Å². The van der Waals surface area contributed by atoms with Gasteiger partial charge in [0.2, 0.25) is 11.8 Å². The topological polar surface area (TPSA) is 116 Å². The van der Waals surface area contributed by atoms with Crippen molar-refractivity contribution in [3.05, 3.63) is 12.1 Å². The molecule has 0 aliphatic carbocycles. The maximum atomic E-state index is 12.7. The zero-order chi connectivity index (χ0) is 22.6. The quantitative estimate of drug-likeness (QED) is 0.462. The molecule has 0 bridgehead atoms. The number of anilines is 2. The highest BCUT2D eigenvalue weighted by Gasteiger charge is 2.21. The van der Waals surface area contributed by atoms with E-state index in [1.807, 2.05) is 19.9 Å². The van der Waals surface area contributed by atoms with Gasteiger partial charge in [-0.15, -0.1) is 0 Å². The van der Waals surface area contributed by atoms with Gasteiger partial charge in [-0.05, 0) is 13.8 Å². The Labute approximate surface area is 183 Å². The number of nitrogens with zero attached hydrogens (tertiary/aromatic N) is 2. The van der Waals surface area contributed by atoms with Crippen LogP contribution in [-0.4, -0.2) is 89.6 Å². The molecule has 0 saturated carbocycles. The van der Waals surface area contributed by atoms with Crippen molar-refractivity contribution < 1.29 is 28.5 Å². The second-order valence-corrected chi connectivity index (χ2v) is 7.00. The Bertz CT molecular complexity index is 724. The van der Waals surface area contributed by atoms with Crippen LogP contribution in [0.2, 0.25) is 0 Å². The molecule has 0 unspecified atom stereocenters. The summed E-state index contributed by atoms with van der Waals surface area (Å²) in [6, 6.07) is 3.67. The Balaban J connectivity index is 2.23. The Kier molecular flexibility index (Phi) is 10.3. The second-order valence-electron chi connectivity index (χ2n) is 7.00. The number of methoxy groups -OCH3 is 1. The first-order valence-electron chi connectivity index (χ1n) is 10.5. The molecule has 0 radical (unpaired) electrons. The van der Waals surface area contributed by atoms with Crippen LogP contribution >= 0.6 is 0 Å². The molecule has 1 aromatic rings. The fourth-order valence-corrected chi connectivity index (χ4v) is 3.29. The van der Waals surface area contributed by atoms with Crippen molar-refractivity contribution in [3.8, 4) is 11.5 Å². The summed E-state index contributed by atoms with van der Waals surface area (Å²) in [5.74, 6) is 0.419.